The maximum Gasteiger partial charge on any atom is 0.262 e. The van der Waals surface area contributed by atoms with Crippen LogP contribution in [0.25, 0.3) is 0 Å². The van der Waals surface area contributed by atoms with Gasteiger partial charge in [0.25, 0.3) is 5.92 Å². The zero-order valence-electron chi connectivity index (χ0n) is 12.3. The molecule has 0 aromatic heterocycles. The van der Waals surface area contributed by atoms with Gasteiger partial charge in [0.1, 0.15) is 0 Å². The third kappa shape index (κ3) is 5.71. The van der Waals surface area contributed by atoms with Gasteiger partial charge in [0.15, 0.2) is 0 Å². The van der Waals surface area contributed by atoms with Gasteiger partial charge in [0, 0.05) is 16.6 Å². The number of aryl methyl sites for hydroxylation is 1. The molecule has 0 aliphatic carbocycles. The van der Waals surface area contributed by atoms with Crippen molar-refractivity contribution in [3.8, 4) is 0 Å². The highest BCUT2D eigenvalue weighted by molar-refractivity contribution is 9.10. The molecule has 1 atom stereocenters. The van der Waals surface area contributed by atoms with Gasteiger partial charge < -0.3 is 10.6 Å². The molecule has 9 heteroatoms. The van der Waals surface area contributed by atoms with E-state index in [1.165, 1.54) is 0 Å². The fourth-order valence-electron chi connectivity index (χ4n) is 2.12. The number of hydrogen-bond acceptors (Lipinski definition) is 3. The number of hydrogen-bond donors (Lipinski definition) is 3. The highest BCUT2D eigenvalue weighted by Gasteiger charge is 2.42. The third-order valence-electron chi connectivity index (χ3n) is 3.29. The number of anilines is 1. The van der Waals surface area contributed by atoms with Crippen molar-refractivity contribution in [3.63, 3.8) is 0 Å². The molecule has 1 aromatic rings. The first-order valence-electron chi connectivity index (χ1n) is 6.72. The Bertz CT molecular complexity index is 601. The Hall–Kier alpha value is -1.25. The van der Waals surface area contributed by atoms with Crippen LogP contribution in [0.5, 0.6) is 0 Å². The average molecular weight is 413 g/mol. The topological polar surface area (TPSA) is 70.2 Å². The van der Waals surface area contributed by atoms with Crippen LogP contribution < -0.4 is 16.0 Å². The van der Waals surface area contributed by atoms with Gasteiger partial charge >= 0.3 is 0 Å². The van der Waals surface area contributed by atoms with E-state index in [0.29, 0.717) is 5.69 Å². The first-order valence-corrected chi connectivity index (χ1v) is 7.51. The van der Waals surface area contributed by atoms with Crippen molar-refractivity contribution in [1.29, 1.82) is 0 Å². The van der Waals surface area contributed by atoms with Crippen molar-refractivity contribution in [2.75, 3.05) is 18.4 Å². The lowest BCUT2D eigenvalue weighted by atomic mass is 10.2. The normalized spacial score (nSPS) is 18.9. The van der Waals surface area contributed by atoms with E-state index in [9.17, 15) is 18.4 Å². The Kier molecular flexibility index (Phi) is 6.91. The number of halogens is 4. The third-order valence-corrected chi connectivity index (χ3v) is 4.18. The van der Waals surface area contributed by atoms with Crippen molar-refractivity contribution in [2.45, 2.75) is 25.3 Å². The van der Waals surface area contributed by atoms with Gasteiger partial charge in [-0.3, -0.25) is 14.9 Å². The van der Waals surface area contributed by atoms with Crippen molar-refractivity contribution in [3.05, 3.63) is 28.2 Å². The largest absolute Gasteiger partial charge is 0.346 e. The summed E-state index contributed by atoms with van der Waals surface area (Å²) in [6.07, 6.45) is -0.549. The smallest absolute Gasteiger partial charge is 0.262 e. The molecule has 0 bridgehead atoms. The molecule has 1 unspecified atom stereocenters. The molecule has 1 fully saturated rings. The van der Waals surface area contributed by atoms with E-state index in [-0.39, 0.29) is 19.0 Å². The van der Waals surface area contributed by atoms with Crippen LogP contribution >= 0.6 is 28.3 Å². The summed E-state index contributed by atoms with van der Waals surface area (Å²) in [5, 5.41) is 7.42. The monoisotopic (exact) mass is 411 g/mol. The van der Waals surface area contributed by atoms with Crippen LogP contribution in [-0.4, -0.2) is 36.9 Å². The van der Waals surface area contributed by atoms with Crippen LogP contribution in [0.15, 0.2) is 22.7 Å². The van der Waals surface area contributed by atoms with Crippen molar-refractivity contribution < 1.29 is 18.4 Å². The zero-order chi connectivity index (χ0) is 16.3. The first kappa shape index (κ1) is 19.8. The molecule has 23 heavy (non-hydrogen) atoms. The maximum absolute atomic E-state index is 13.0. The second kappa shape index (κ2) is 8.03. The van der Waals surface area contributed by atoms with E-state index in [2.05, 4.69) is 31.9 Å². The van der Waals surface area contributed by atoms with E-state index < -0.39 is 36.7 Å². The molecule has 128 valence electrons. The summed E-state index contributed by atoms with van der Waals surface area (Å²) in [4.78, 5) is 23.4. The Morgan fingerprint density at radius 3 is 2.70 bits per heavy atom. The minimum atomic E-state index is -2.88. The highest BCUT2D eigenvalue weighted by atomic mass is 79.9. The minimum absolute atomic E-state index is 0. The maximum atomic E-state index is 13.0. The number of nitrogens with one attached hydrogen (secondary N) is 3. The first-order chi connectivity index (χ1) is 10.3. The molecule has 1 aliphatic heterocycles. The Morgan fingerprint density at radius 2 is 2.13 bits per heavy atom. The molecular formula is C14H17BrClF2N3O2. The van der Waals surface area contributed by atoms with Crippen LogP contribution in [0, 0.1) is 6.92 Å². The van der Waals surface area contributed by atoms with Gasteiger partial charge in [-0.25, -0.2) is 8.78 Å². The Morgan fingerprint density at radius 1 is 1.43 bits per heavy atom. The molecule has 0 saturated carbocycles. The average Bonchev–Trinajstić information content (AvgIpc) is 2.81. The summed E-state index contributed by atoms with van der Waals surface area (Å²) in [6, 6.07) is 4.34. The molecule has 0 radical (unpaired) electrons. The number of carbonyl (C=O) groups excluding carboxylic acids is 2. The molecule has 1 aliphatic rings. The van der Waals surface area contributed by atoms with Crippen LogP contribution in [-0.2, 0) is 9.59 Å². The second-order valence-electron chi connectivity index (χ2n) is 5.22. The van der Waals surface area contributed by atoms with Gasteiger partial charge in [-0.05, 0) is 30.7 Å². The van der Waals surface area contributed by atoms with E-state index in [1.54, 1.807) is 18.2 Å². The van der Waals surface area contributed by atoms with E-state index in [0.717, 1.165) is 10.0 Å². The quantitative estimate of drug-likeness (QED) is 0.710. The molecule has 5 nitrogen and oxygen atoms in total. The molecule has 2 amide bonds. The number of amides is 2. The SMILES string of the molecule is Cc1cc(NC(=O)CNC(=O)C2CC(F)(F)CN2)ccc1Br.Cl. The van der Waals surface area contributed by atoms with Gasteiger partial charge in [-0.1, -0.05) is 15.9 Å². The highest BCUT2D eigenvalue weighted by Crippen LogP contribution is 2.25. The van der Waals surface area contributed by atoms with Gasteiger partial charge in [-0.2, -0.15) is 0 Å². The standard InChI is InChI=1S/C14H16BrF2N3O2.ClH/c1-8-4-9(2-3-10(8)15)20-12(21)6-18-13(22)11-5-14(16,17)7-19-11;/h2-4,11,19H,5-7H2,1H3,(H,18,22)(H,20,21);1H. The molecule has 1 aromatic carbocycles. The summed E-state index contributed by atoms with van der Waals surface area (Å²) in [7, 11) is 0. The molecule has 1 heterocycles. The van der Waals surface area contributed by atoms with Crippen LogP contribution in [0.4, 0.5) is 14.5 Å². The van der Waals surface area contributed by atoms with Gasteiger partial charge in [0.2, 0.25) is 11.8 Å². The van der Waals surface area contributed by atoms with Crippen molar-refractivity contribution in [2.24, 2.45) is 0 Å². The molecule has 0 spiro atoms. The minimum Gasteiger partial charge on any atom is -0.346 e. The van der Waals surface area contributed by atoms with E-state index in [1.807, 2.05) is 6.92 Å². The Balaban J connectivity index is 0.00000264. The number of alkyl halides is 2. The van der Waals surface area contributed by atoms with Crippen LogP contribution in [0.2, 0.25) is 0 Å². The van der Waals surface area contributed by atoms with E-state index >= 15 is 0 Å². The van der Waals surface area contributed by atoms with Gasteiger partial charge in [0.05, 0.1) is 19.1 Å². The fraction of sp³-hybridized carbons (Fsp3) is 0.429. The summed E-state index contributed by atoms with van der Waals surface area (Å²) < 4.78 is 26.9. The van der Waals surface area contributed by atoms with Crippen molar-refractivity contribution >= 4 is 45.8 Å². The fourth-order valence-corrected chi connectivity index (χ4v) is 2.37. The molecule has 3 N–H and O–H groups in total. The van der Waals surface area contributed by atoms with Crippen molar-refractivity contribution in [1.82, 2.24) is 10.6 Å². The molecule has 2 rings (SSSR count). The number of rotatable bonds is 4. The molecule has 1 saturated heterocycles. The van der Waals surface area contributed by atoms with E-state index in [4.69, 9.17) is 0 Å². The lowest BCUT2D eigenvalue weighted by Gasteiger charge is -2.11. The zero-order valence-corrected chi connectivity index (χ0v) is 14.7. The number of benzene rings is 1. The summed E-state index contributed by atoms with van der Waals surface area (Å²) in [5.74, 6) is -3.89. The summed E-state index contributed by atoms with van der Waals surface area (Å²) >= 11 is 3.35. The predicted molar refractivity (Wildman–Crippen MR) is 89.1 cm³/mol. The van der Waals surface area contributed by atoms with Crippen LogP contribution in [0.1, 0.15) is 12.0 Å². The lowest BCUT2D eigenvalue weighted by Crippen LogP contribution is -2.43. The van der Waals surface area contributed by atoms with Gasteiger partial charge in [-0.15, -0.1) is 12.4 Å². The summed E-state index contributed by atoms with van der Waals surface area (Å²) in [5.41, 5.74) is 1.56. The Labute approximate surface area is 147 Å². The lowest BCUT2D eigenvalue weighted by molar-refractivity contribution is -0.125. The predicted octanol–water partition coefficient (Wildman–Crippen LogP) is 2.23. The second-order valence-corrected chi connectivity index (χ2v) is 6.08. The molecular weight excluding hydrogens is 396 g/mol. The summed E-state index contributed by atoms with van der Waals surface area (Å²) in [6.45, 7) is 1.10. The van der Waals surface area contributed by atoms with Crippen LogP contribution in [0.3, 0.4) is 0 Å². The number of carbonyl (C=O) groups is 2.